The first-order chi connectivity index (χ1) is 8.88. The van der Waals surface area contributed by atoms with E-state index in [-0.39, 0.29) is 14.9 Å². The Morgan fingerprint density at radius 1 is 1.21 bits per heavy atom. The Morgan fingerprint density at radius 3 is 2.37 bits per heavy atom. The second-order valence-corrected chi connectivity index (χ2v) is 7.08. The van der Waals surface area contributed by atoms with Crippen molar-refractivity contribution in [2.75, 3.05) is 0 Å². The molecule has 1 saturated carbocycles. The second-order valence-electron chi connectivity index (χ2n) is 4.58. The fraction of sp³-hybridized carbons (Fsp3) is 0.417. The first-order valence-corrected chi connectivity index (χ1v) is 8.03. The van der Waals surface area contributed by atoms with E-state index in [9.17, 15) is 13.7 Å². The van der Waals surface area contributed by atoms with E-state index in [2.05, 4.69) is 10.8 Å². The van der Waals surface area contributed by atoms with E-state index in [1.54, 1.807) is 0 Å². The van der Waals surface area contributed by atoms with Gasteiger partial charge in [0.15, 0.2) is 0 Å². The number of nitrogens with one attached hydrogen (secondary N) is 1. The largest absolute Gasteiger partial charge is 0.241 e. The van der Waals surface area contributed by atoms with Gasteiger partial charge in [0.25, 0.3) is 0 Å². The molecule has 0 aromatic heterocycles. The van der Waals surface area contributed by atoms with Gasteiger partial charge >= 0.3 is 0 Å². The molecule has 1 aromatic carbocycles. The van der Waals surface area contributed by atoms with Crippen LogP contribution in [0.1, 0.15) is 25.7 Å². The van der Waals surface area contributed by atoms with Crippen LogP contribution in [0.2, 0.25) is 10.0 Å². The third-order valence-electron chi connectivity index (χ3n) is 3.20. The number of hydrogen-bond donors (Lipinski definition) is 1. The highest BCUT2D eigenvalue weighted by atomic mass is 35.5. The Kier molecular flexibility index (Phi) is 4.07. The molecular formula is C12H12Cl2N2O2S. The van der Waals surface area contributed by atoms with Crippen LogP contribution in [-0.4, -0.2) is 14.0 Å². The molecule has 0 bridgehead atoms. The van der Waals surface area contributed by atoms with Crippen molar-refractivity contribution in [2.45, 2.75) is 36.1 Å². The van der Waals surface area contributed by atoms with Gasteiger partial charge in [-0.15, -0.1) is 0 Å². The number of halogens is 2. The van der Waals surface area contributed by atoms with E-state index >= 15 is 0 Å². The van der Waals surface area contributed by atoms with E-state index in [4.69, 9.17) is 23.2 Å². The molecule has 0 spiro atoms. The summed E-state index contributed by atoms with van der Waals surface area (Å²) in [5, 5.41) is 9.66. The third kappa shape index (κ3) is 3.03. The molecule has 0 unspecified atom stereocenters. The minimum atomic E-state index is -3.77. The Bertz CT molecular complexity index is 632. The van der Waals surface area contributed by atoms with Gasteiger partial charge in [0, 0.05) is 0 Å². The molecule has 1 aromatic rings. The zero-order valence-corrected chi connectivity index (χ0v) is 12.3. The number of sulfonamides is 1. The molecule has 1 fully saturated rings. The average Bonchev–Trinajstić information content (AvgIpc) is 2.81. The van der Waals surface area contributed by atoms with E-state index in [0.29, 0.717) is 12.8 Å². The minimum Gasteiger partial charge on any atom is -0.207 e. The second kappa shape index (κ2) is 5.29. The Morgan fingerprint density at radius 2 is 1.84 bits per heavy atom. The molecule has 19 heavy (non-hydrogen) atoms. The van der Waals surface area contributed by atoms with E-state index in [1.165, 1.54) is 18.2 Å². The molecule has 0 radical (unpaired) electrons. The molecule has 0 heterocycles. The summed E-state index contributed by atoms with van der Waals surface area (Å²) in [5.41, 5.74) is -0.995. The molecule has 2 rings (SSSR count). The van der Waals surface area contributed by atoms with Crippen molar-refractivity contribution in [2.24, 2.45) is 0 Å². The van der Waals surface area contributed by atoms with Gasteiger partial charge in [-0.05, 0) is 31.0 Å². The predicted octanol–water partition coefficient (Wildman–Crippen LogP) is 3.11. The summed E-state index contributed by atoms with van der Waals surface area (Å²) >= 11 is 11.6. The van der Waals surface area contributed by atoms with Crippen LogP contribution in [0.15, 0.2) is 23.1 Å². The Hall–Kier alpha value is -0.800. The number of hydrogen-bond acceptors (Lipinski definition) is 3. The van der Waals surface area contributed by atoms with Gasteiger partial charge in [0.05, 0.1) is 21.0 Å². The van der Waals surface area contributed by atoms with Gasteiger partial charge in [-0.1, -0.05) is 36.0 Å². The normalized spacial score (nSPS) is 18.2. The van der Waals surface area contributed by atoms with Crippen LogP contribution in [0, 0.1) is 11.3 Å². The maximum Gasteiger partial charge on any atom is 0.241 e. The monoisotopic (exact) mass is 318 g/mol. The highest BCUT2D eigenvalue weighted by Gasteiger charge is 2.38. The summed E-state index contributed by atoms with van der Waals surface area (Å²) in [6.45, 7) is 0. The van der Waals surface area contributed by atoms with Gasteiger partial charge in [-0.3, -0.25) is 0 Å². The van der Waals surface area contributed by atoms with Gasteiger partial charge in [-0.2, -0.15) is 9.98 Å². The summed E-state index contributed by atoms with van der Waals surface area (Å²) in [6, 6.07) is 6.16. The highest BCUT2D eigenvalue weighted by molar-refractivity contribution is 7.89. The molecule has 4 nitrogen and oxygen atoms in total. The number of benzene rings is 1. The summed E-state index contributed by atoms with van der Waals surface area (Å²) in [5.74, 6) is 0. The molecule has 0 atom stereocenters. The summed E-state index contributed by atoms with van der Waals surface area (Å²) in [6.07, 6.45) is 2.75. The lowest BCUT2D eigenvalue weighted by atomic mass is 10.0. The zero-order chi connectivity index (χ0) is 14.1. The summed E-state index contributed by atoms with van der Waals surface area (Å²) in [7, 11) is -3.77. The van der Waals surface area contributed by atoms with Crippen LogP contribution in [0.4, 0.5) is 0 Å². The lowest BCUT2D eigenvalue weighted by molar-refractivity contribution is 0.485. The van der Waals surface area contributed by atoms with Crippen molar-refractivity contribution in [1.82, 2.24) is 4.72 Å². The predicted molar refractivity (Wildman–Crippen MR) is 73.6 cm³/mol. The number of nitriles is 1. The van der Waals surface area contributed by atoms with Crippen LogP contribution in [-0.2, 0) is 10.0 Å². The molecule has 1 N–H and O–H groups in total. The molecule has 102 valence electrons. The standard InChI is InChI=1S/C12H12Cl2N2O2S/c13-10-4-3-9(7-11(10)14)19(17,18)16-12(8-15)5-1-2-6-12/h3-4,7,16H,1-2,5-6H2. The third-order valence-corrected chi connectivity index (χ3v) is 5.48. The molecule has 7 heteroatoms. The fourth-order valence-corrected chi connectivity index (χ4v) is 3.94. The molecule has 0 saturated heterocycles. The number of nitrogens with zero attached hydrogens (tertiary/aromatic N) is 1. The quantitative estimate of drug-likeness (QED) is 0.930. The van der Waals surface area contributed by atoms with Crippen molar-refractivity contribution in [3.63, 3.8) is 0 Å². The van der Waals surface area contributed by atoms with Crippen LogP contribution in [0.5, 0.6) is 0 Å². The Labute approximate surface area is 122 Å². The molecule has 1 aliphatic rings. The van der Waals surface area contributed by atoms with Gasteiger partial charge in [0.2, 0.25) is 10.0 Å². The topological polar surface area (TPSA) is 70.0 Å². The van der Waals surface area contributed by atoms with Crippen LogP contribution in [0.25, 0.3) is 0 Å². The van der Waals surface area contributed by atoms with Crippen molar-refractivity contribution >= 4 is 33.2 Å². The lowest BCUT2D eigenvalue weighted by Gasteiger charge is -2.21. The Balaban J connectivity index is 2.32. The minimum absolute atomic E-state index is 0.0171. The van der Waals surface area contributed by atoms with Gasteiger partial charge in [0.1, 0.15) is 5.54 Å². The van der Waals surface area contributed by atoms with Crippen LogP contribution < -0.4 is 4.72 Å². The van der Waals surface area contributed by atoms with Crippen LogP contribution >= 0.6 is 23.2 Å². The van der Waals surface area contributed by atoms with Crippen molar-refractivity contribution in [3.05, 3.63) is 28.2 Å². The van der Waals surface area contributed by atoms with Crippen molar-refractivity contribution < 1.29 is 8.42 Å². The van der Waals surface area contributed by atoms with E-state index < -0.39 is 15.6 Å². The SMILES string of the molecule is N#CC1(NS(=O)(=O)c2ccc(Cl)c(Cl)c2)CCCC1. The zero-order valence-electron chi connectivity index (χ0n) is 9.99. The molecule has 0 aliphatic heterocycles. The first-order valence-electron chi connectivity index (χ1n) is 5.79. The molecule has 0 amide bonds. The lowest BCUT2D eigenvalue weighted by Crippen LogP contribution is -2.44. The highest BCUT2D eigenvalue weighted by Crippen LogP contribution is 2.31. The fourth-order valence-electron chi connectivity index (χ4n) is 2.18. The molecule has 1 aliphatic carbocycles. The van der Waals surface area contributed by atoms with Crippen molar-refractivity contribution in [3.8, 4) is 6.07 Å². The van der Waals surface area contributed by atoms with E-state index in [1.807, 2.05) is 0 Å². The van der Waals surface area contributed by atoms with Gasteiger partial charge < -0.3 is 0 Å². The van der Waals surface area contributed by atoms with E-state index in [0.717, 1.165) is 12.8 Å². The average molecular weight is 319 g/mol. The smallest absolute Gasteiger partial charge is 0.207 e. The molecular weight excluding hydrogens is 307 g/mol. The summed E-state index contributed by atoms with van der Waals surface area (Å²) < 4.78 is 27.0. The van der Waals surface area contributed by atoms with Gasteiger partial charge in [-0.25, -0.2) is 8.42 Å². The van der Waals surface area contributed by atoms with Crippen LogP contribution in [0.3, 0.4) is 0 Å². The first kappa shape index (κ1) is 14.6. The maximum absolute atomic E-state index is 12.3. The maximum atomic E-state index is 12.3. The summed E-state index contributed by atoms with van der Waals surface area (Å²) in [4.78, 5) is 0.0171. The van der Waals surface area contributed by atoms with Crippen molar-refractivity contribution in [1.29, 1.82) is 5.26 Å². The number of rotatable bonds is 3.